The number of amides is 1. The van der Waals surface area contributed by atoms with Crippen LogP contribution in [0.4, 0.5) is 5.69 Å². The first kappa shape index (κ1) is 19.5. The molecule has 3 rings (SSSR count). The van der Waals surface area contributed by atoms with Gasteiger partial charge in [0.25, 0.3) is 5.91 Å². The molecule has 5 nitrogen and oxygen atoms in total. The number of halogens is 1. The first-order chi connectivity index (χ1) is 13.5. The monoisotopic (exact) mass is 395 g/mol. The maximum Gasteiger partial charge on any atom is 0.339 e. The summed E-state index contributed by atoms with van der Waals surface area (Å²) < 4.78 is 5.79. The van der Waals surface area contributed by atoms with Crippen LogP contribution in [0.25, 0.3) is 0 Å². The van der Waals surface area contributed by atoms with Crippen LogP contribution >= 0.6 is 11.6 Å². The number of ether oxygens (including phenoxy) is 1. The van der Waals surface area contributed by atoms with Gasteiger partial charge in [-0.1, -0.05) is 59.6 Å². The average Bonchev–Trinajstić information content (AvgIpc) is 2.68. The molecule has 1 amide bonds. The number of carboxylic acid groups (broad SMARTS) is 1. The number of anilines is 1. The van der Waals surface area contributed by atoms with E-state index in [1.807, 2.05) is 31.2 Å². The number of hydrogen-bond donors (Lipinski definition) is 2. The normalized spacial score (nSPS) is 10.4. The highest BCUT2D eigenvalue weighted by Crippen LogP contribution is 2.31. The fourth-order valence-electron chi connectivity index (χ4n) is 2.63. The zero-order chi connectivity index (χ0) is 20.1. The molecule has 2 N–H and O–H groups in total. The van der Waals surface area contributed by atoms with Gasteiger partial charge < -0.3 is 15.2 Å². The number of nitrogens with one attached hydrogen (secondary N) is 1. The molecule has 142 valence electrons. The molecule has 0 aliphatic carbocycles. The van der Waals surface area contributed by atoms with Gasteiger partial charge in [-0.2, -0.15) is 0 Å². The predicted molar refractivity (Wildman–Crippen MR) is 108 cm³/mol. The largest absolute Gasteiger partial charge is 0.486 e. The van der Waals surface area contributed by atoms with Crippen molar-refractivity contribution in [3.63, 3.8) is 0 Å². The Balaban J connectivity index is 1.89. The SMILES string of the molecule is Cc1ccc(COc2c(NC(=O)c3ccccc3Cl)cccc2C(=O)O)cc1. The minimum Gasteiger partial charge on any atom is -0.486 e. The van der Waals surface area contributed by atoms with Crippen LogP contribution in [0.3, 0.4) is 0 Å². The summed E-state index contributed by atoms with van der Waals surface area (Å²) in [5.74, 6) is -1.50. The molecule has 0 aliphatic heterocycles. The number of carbonyl (C=O) groups excluding carboxylic acids is 1. The van der Waals surface area contributed by atoms with Crippen molar-refractivity contribution < 1.29 is 19.4 Å². The van der Waals surface area contributed by atoms with Gasteiger partial charge in [-0.3, -0.25) is 4.79 Å². The molecule has 0 aliphatic rings. The Morgan fingerprint density at radius 1 is 0.964 bits per heavy atom. The van der Waals surface area contributed by atoms with Crippen molar-refractivity contribution in [1.82, 2.24) is 0 Å². The van der Waals surface area contributed by atoms with Gasteiger partial charge in [0.05, 0.1) is 16.3 Å². The van der Waals surface area contributed by atoms with E-state index < -0.39 is 11.9 Å². The van der Waals surface area contributed by atoms with Gasteiger partial charge in [-0.25, -0.2) is 4.79 Å². The Morgan fingerprint density at radius 2 is 1.64 bits per heavy atom. The molecule has 0 aromatic heterocycles. The van der Waals surface area contributed by atoms with Crippen molar-refractivity contribution in [2.45, 2.75) is 13.5 Å². The molecular weight excluding hydrogens is 378 g/mol. The Morgan fingerprint density at radius 3 is 2.32 bits per heavy atom. The number of aromatic carboxylic acids is 1. The minimum atomic E-state index is -1.15. The molecule has 0 fully saturated rings. The molecule has 0 spiro atoms. The number of carbonyl (C=O) groups is 2. The molecule has 3 aromatic carbocycles. The Bertz CT molecular complexity index is 1020. The van der Waals surface area contributed by atoms with E-state index in [1.165, 1.54) is 6.07 Å². The summed E-state index contributed by atoms with van der Waals surface area (Å²) in [7, 11) is 0. The van der Waals surface area contributed by atoms with Gasteiger partial charge in [0.1, 0.15) is 12.2 Å². The zero-order valence-corrected chi connectivity index (χ0v) is 15.9. The van der Waals surface area contributed by atoms with E-state index >= 15 is 0 Å². The third kappa shape index (κ3) is 4.50. The molecular formula is C22H18ClNO4. The molecule has 3 aromatic rings. The maximum atomic E-state index is 12.6. The first-order valence-corrected chi connectivity index (χ1v) is 8.94. The third-order valence-corrected chi connectivity index (χ3v) is 4.45. The highest BCUT2D eigenvalue weighted by Gasteiger charge is 2.19. The second-order valence-corrected chi connectivity index (χ2v) is 6.60. The topological polar surface area (TPSA) is 75.6 Å². The lowest BCUT2D eigenvalue weighted by Crippen LogP contribution is -2.15. The van der Waals surface area contributed by atoms with Crippen LogP contribution in [0.5, 0.6) is 5.75 Å². The van der Waals surface area contributed by atoms with Crippen LogP contribution in [-0.4, -0.2) is 17.0 Å². The Labute approximate surface area is 167 Å². The van der Waals surface area contributed by atoms with E-state index in [2.05, 4.69) is 5.32 Å². The number of para-hydroxylation sites is 1. The maximum absolute atomic E-state index is 12.6. The fourth-order valence-corrected chi connectivity index (χ4v) is 2.86. The van der Waals surface area contributed by atoms with Crippen LogP contribution in [0.1, 0.15) is 31.8 Å². The fraction of sp³-hybridized carbons (Fsp3) is 0.0909. The summed E-state index contributed by atoms with van der Waals surface area (Å²) in [5, 5.41) is 12.5. The van der Waals surface area contributed by atoms with Crippen LogP contribution < -0.4 is 10.1 Å². The highest BCUT2D eigenvalue weighted by atomic mass is 35.5. The van der Waals surface area contributed by atoms with Gasteiger partial charge in [-0.05, 0) is 36.8 Å². The quantitative estimate of drug-likeness (QED) is 0.603. The average molecular weight is 396 g/mol. The lowest BCUT2D eigenvalue weighted by Gasteiger charge is -2.15. The van der Waals surface area contributed by atoms with Gasteiger partial charge in [-0.15, -0.1) is 0 Å². The standard InChI is InChI=1S/C22H18ClNO4/c1-14-9-11-15(12-10-14)13-28-20-17(22(26)27)6-4-8-19(20)24-21(25)16-5-2-3-7-18(16)23/h2-12H,13H2,1H3,(H,24,25)(H,26,27). The summed E-state index contributed by atoms with van der Waals surface area (Å²) in [4.78, 5) is 24.2. The van der Waals surface area contributed by atoms with Gasteiger partial charge >= 0.3 is 5.97 Å². The van der Waals surface area contributed by atoms with Crippen molar-refractivity contribution in [1.29, 1.82) is 0 Å². The molecule has 0 saturated heterocycles. The van der Waals surface area contributed by atoms with Crippen molar-refractivity contribution in [3.05, 3.63) is 94.0 Å². The zero-order valence-electron chi connectivity index (χ0n) is 15.1. The first-order valence-electron chi connectivity index (χ1n) is 8.56. The van der Waals surface area contributed by atoms with E-state index in [-0.39, 0.29) is 29.2 Å². The number of benzene rings is 3. The summed E-state index contributed by atoms with van der Waals surface area (Å²) in [6.07, 6.45) is 0. The van der Waals surface area contributed by atoms with Crippen LogP contribution in [-0.2, 0) is 6.61 Å². The molecule has 0 unspecified atom stereocenters. The predicted octanol–water partition coefficient (Wildman–Crippen LogP) is 5.18. The lowest BCUT2D eigenvalue weighted by atomic mass is 10.1. The van der Waals surface area contributed by atoms with Gasteiger partial charge in [0.15, 0.2) is 5.75 Å². The number of aryl methyl sites for hydroxylation is 1. The third-order valence-electron chi connectivity index (χ3n) is 4.12. The van der Waals surface area contributed by atoms with Crippen molar-refractivity contribution in [2.24, 2.45) is 0 Å². The molecule has 0 atom stereocenters. The Kier molecular flexibility index (Phi) is 5.96. The number of hydrogen-bond acceptors (Lipinski definition) is 3. The number of rotatable bonds is 6. The molecule has 0 saturated carbocycles. The second-order valence-electron chi connectivity index (χ2n) is 6.20. The van der Waals surface area contributed by atoms with E-state index in [4.69, 9.17) is 16.3 Å². The Hall–Kier alpha value is -3.31. The van der Waals surface area contributed by atoms with Crippen LogP contribution in [0.2, 0.25) is 5.02 Å². The van der Waals surface area contributed by atoms with E-state index in [0.29, 0.717) is 5.02 Å². The van der Waals surface area contributed by atoms with E-state index in [1.54, 1.807) is 36.4 Å². The van der Waals surface area contributed by atoms with Crippen molar-refractivity contribution in [2.75, 3.05) is 5.32 Å². The lowest BCUT2D eigenvalue weighted by molar-refractivity contribution is 0.0691. The molecule has 0 bridgehead atoms. The van der Waals surface area contributed by atoms with Crippen molar-refractivity contribution in [3.8, 4) is 5.75 Å². The van der Waals surface area contributed by atoms with Crippen LogP contribution in [0.15, 0.2) is 66.7 Å². The molecule has 6 heteroatoms. The molecule has 0 heterocycles. The van der Waals surface area contributed by atoms with Crippen molar-refractivity contribution >= 4 is 29.2 Å². The highest BCUT2D eigenvalue weighted by molar-refractivity contribution is 6.34. The second kappa shape index (κ2) is 8.59. The summed E-state index contributed by atoms with van der Waals surface area (Å²) in [5.41, 5.74) is 2.51. The van der Waals surface area contributed by atoms with Crippen LogP contribution in [0, 0.1) is 6.92 Å². The van der Waals surface area contributed by atoms with E-state index in [9.17, 15) is 14.7 Å². The summed E-state index contributed by atoms with van der Waals surface area (Å²) in [6.45, 7) is 2.15. The van der Waals surface area contributed by atoms with Gasteiger partial charge in [0.2, 0.25) is 0 Å². The smallest absolute Gasteiger partial charge is 0.339 e. The molecule has 0 radical (unpaired) electrons. The molecule has 28 heavy (non-hydrogen) atoms. The summed E-state index contributed by atoms with van der Waals surface area (Å²) >= 11 is 6.07. The summed E-state index contributed by atoms with van der Waals surface area (Å²) in [6, 6.07) is 18.9. The van der Waals surface area contributed by atoms with E-state index in [0.717, 1.165) is 11.1 Å². The number of carboxylic acids is 1. The minimum absolute atomic E-state index is 0.0379. The van der Waals surface area contributed by atoms with Gasteiger partial charge in [0, 0.05) is 0 Å².